The first-order chi connectivity index (χ1) is 13.6. The summed E-state index contributed by atoms with van der Waals surface area (Å²) in [5.41, 5.74) is -1.84. The molecular formula is C10H14FN2O14P3-2. The molecule has 20 heteroatoms. The number of hydrogen-bond acceptors (Lipinski definition) is 12. The summed E-state index contributed by atoms with van der Waals surface area (Å²) in [7, 11) is -17.5. The lowest BCUT2D eigenvalue weighted by molar-refractivity contribution is -0.236. The number of nitrogens with zero attached hydrogens (tertiary/aromatic N) is 1. The monoisotopic (exact) mass is 498 g/mol. The number of aromatic nitrogens is 2. The van der Waals surface area contributed by atoms with Gasteiger partial charge in [-0.2, -0.15) is 0 Å². The van der Waals surface area contributed by atoms with E-state index < -0.39 is 72.4 Å². The van der Waals surface area contributed by atoms with Crippen LogP contribution >= 0.6 is 23.5 Å². The van der Waals surface area contributed by atoms with Crippen LogP contribution in [-0.4, -0.2) is 49.9 Å². The largest absolute Gasteiger partial charge is 0.756 e. The van der Waals surface area contributed by atoms with E-state index in [0.29, 0.717) is 4.57 Å². The van der Waals surface area contributed by atoms with Gasteiger partial charge in [0.1, 0.15) is 0 Å². The number of ether oxygens (including phenoxy) is 1. The van der Waals surface area contributed by atoms with Crippen molar-refractivity contribution >= 4 is 23.5 Å². The van der Waals surface area contributed by atoms with Gasteiger partial charge in [0.05, 0.1) is 19.3 Å². The van der Waals surface area contributed by atoms with E-state index in [0.717, 1.165) is 12.3 Å². The van der Waals surface area contributed by atoms with Crippen LogP contribution in [0.4, 0.5) is 4.39 Å². The van der Waals surface area contributed by atoms with E-state index in [1.54, 1.807) is 0 Å². The summed E-state index contributed by atoms with van der Waals surface area (Å²) < 4.78 is 64.6. The maximum atomic E-state index is 14.6. The maximum Gasteiger partial charge on any atom is 0.478 e. The first kappa shape index (κ1) is 25.2. The molecule has 1 aromatic rings. The minimum absolute atomic E-state index is 0.635. The van der Waals surface area contributed by atoms with Crippen LogP contribution < -0.4 is 21.0 Å². The van der Waals surface area contributed by atoms with Crippen molar-refractivity contribution in [2.45, 2.75) is 18.5 Å². The molecule has 1 saturated heterocycles. The zero-order valence-corrected chi connectivity index (χ0v) is 17.1. The Morgan fingerprint density at radius 1 is 1.23 bits per heavy atom. The lowest BCUT2D eigenvalue weighted by Gasteiger charge is -2.28. The van der Waals surface area contributed by atoms with Crippen LogP contribution in [0.3, 0.4) is 0 Å². The third-order valence-electron chi connectivity index (χ3n) is 3.62. The van der Waals surface area contributed by atoms with Gasteiger partial charge in [0.2, 0.25) is 0 Å². The highest BCUT2D eigenvalue weighted by molar-refractivity contribution is 7.65. The Morgan fingerprint density at radius 2 is 1.87 bits per heavy atom. The molecule has 172 valence electrons. The summed E-state index contributed by atoms with van der Waals surface area (Å²) >= 11 is 0. The Balaban J connectivity index is 2.11. The fourth-order valence-electron chi connectivity index (χ4n) is 2.46. The Bertz CT molecular complexity index is 1020. The zero-order chi connectivity index (χ0) is 22.9. The van der Waals surface area contributed by atoms with E-state index >= 15 is 0 Å². The third kappa shape index (κ3) is 6.72. The average Bonchev–Trinajstić information content (AvgIpc) is 2.85. The summed E-state index contributed by atoms with van der Waals surface area (Å²) in [5, 5.41) is 9.34. The highest BCUT2D eigenvalue weighted by atomic mass is 31.3. The van der Waals surface area contributed by atoms with E-state index in [4.69, 9.17) is 9.63 Å². The van der Waals surface area contributed by atoms with Gasteiger partial charge in [0.25, 0.3) is 21.2 Å². The highest BCUT2D eigenvalue weighted by Gasteiger charge is 2.47. The van der Waals surface area contributed by atoms with Crippen molar-refractivity contribution in [3.63, 3.8) is 0 Å². The Morgan fingerprint density at radius 3 is 2.40 bits per heavy atom. The average molecular weight is 498 g/mol. The van der Waals surface area contributed by atoms with Crippen molar-refractivity contribution in [3.05, 3.63) is 33.1 Å². The van der Waals surface area contributed by atoms with E-state index in [1.807, 2.05) is 4.98 Å². The zero-order valence-electron chi connectivity index (χ0n) is 14.4. The molecule has 1 aliphatic rings. The predicted molar refractivity (Wildman–Crippen MR) is 86.1 cm³/mol. The number of aliphatic hydroxyl groups excluding tert-OH is 1. The van der Waals surface area contributed by atoms with Gasteiger partial charge in [-0.25, -0.2) is 22.4 Å². The van der Waals surface area contributed by atoms with Crippen LogP contribution in [0.15, 0.2) is 21.9 Å². The summed E-state index contributed by atoms with van der Waals surface area (Å²) in [5.74, 6) is -1.43. The molecule has 2 rings (SSSR count). The lowest BCUT2D eigenvalue weighted by atomic mass is 10.0. The molecule has 1 fully saturated rings. The second kappa shape index (κ2) is 9.20. The Hall–Kier alpha value is -1.06. The van der Waals surface area contributed by atoms with Crippen LogP contribution in [0.25, 0.3) is 0 Å². The lowest BCUT2D eigenvalue weighted by Crippen LogP contribution is -2.35. The van der Waals surface area contributed by atoms with E-state index in [9.17, 15) is 47.5 Å². The first-order valence-electron chi connectivity index (χ1n) is 7.61. The number of H-pyrrole nitrogens is 1. The molecule has 3 unspecified atom stereocenters. The summed E-state index contributed by atoms with van der Waals surface area (Å²) in [6.45, 7) is -1.96. The summed E-state index contributed by atoms with van der Waals surface area (Å²) in [4.78, 5) is 63.9. The molecule has 1 aromatic heterocycles. The molecule has 16 nitrogen and oxygen atoms in total. The van der Waals surface area contributed by atoms with Crippen LogP contribution in [0, 0.1) is 5.92 Å². The van der Waals surface area contributed by atoms with E-state index in [1.165, 1.54) is 0 Å². The Kier molecular flexibility index (Phi) is 7.73. The molecule has 0 amide bonds. The molecule has 30 heavy (non-hydrogen) atoms. The standard InChI is InChI=1S/C10H16FN2O14P3/c11-8-5(3-14)6(25-9(8)13-2-1-7(15)12-10(13)16)4-24-29(20,21)27-30(22,23)26-28(17,18)19/h1-2,5-6,8-9,14H,3-4H2,(H,20,21)(H,22,23)(H,12,15,16)(H2,17,18,19)/p-2/t5-,6-,8-,9-/m1/s1. The first-order valence-corrected chi connectivity index (χ1v) is 12.1. The molecule has 0 aliphatic carbocycles. The number of phosphoric acid groups is 3. The van der Waals surface area contributed by atoms with Gasteiger partial charge >= 0.3 is 13.5 Å². The second-order valence-corrected chi connectivity index (χ2v) is 10.0. The number of hydrogen-bond donors (Lipinski definition) is 4. The van der Waals surface area contributed by atoms with Crippen molar-refractivity contribution in [1.82, 2.24) is 9.55 Å². The number of halogens is 1. The number of phosphoric ester groups is 1. The third-order valence-corrected chi connectivity index (χ3v) is 7.34. The number of rotatable bonds is 9. The fraction of sp³-hybridized carbons (Fsp3) is 0.600. The molecule has 0 aromatic carbocycles. The van der Waals surface area contributed by atoms with Gasteiger partial charge in [0.15, 0.2) is 12.4 Å². The highest BCUT2D eigenvalue weighted by Crippen LogP contribution is 2.63. The quantitative estimate of drug-likeness (QED) is 0.256. The molecule has 7 atom stereocenters. The molecule has 0 saturated carbocycles. The molecule has 0 bridgehead atoms. The van der Waals surface area contributed by atoms with Gasteiger partial charge in [-0.1, -0.05) is 0 Å². The second-order valence-electron chi connectivity index (χ2n) is 5.72. The van der Waals surface area contributed by atoms with Gasteiger partial charge in [-0.05, 0) is 0 Å². The minimum atomic E-state index is -6.06. The number of aromatic amines is 1. The number of nitrogens with one attached hydrogen (secondary N) is 1. The Labute approximate surface area is 165 Å². The molecule has 0 spiro atoms. The van der Waals surface area contributed by atoms with Crippen LogP contribution in [0.2, 0.25) is 0 Å². The van der Waals surface area contributed by atoms with Gasteiger partial charge < -0.3 is 29.4 Å². The van der Waals surface area contributed by atoms with Crippen LogP contribution in [-0.2, 0) is 31.6 Å². The van der Waals surface area contributed by atoms with Crippen molar-refractivity contribution in [2.24, 2.45) is 5.92 Å². The van der Waals surface area contributed by atoms with Gasteiger partial charge in [-0.3, -0.25) is 28.0 Å². The SMILES string of the molecule is O=c1ccn([C@@H]2O[C@H](COP(=O)(O)OP(=O)([O-])OP(=O)([O-])O)[C@@H](CO)[C@H]2F)c(=O)[nH]1. The van der Waals surface area contributed by atoms with Crippen molar-refractivity contribution in [3.8, 4) is 0 Å². The molecule has 0 radical (unpaired) electrons. The van der Waals surface area contributed by atoms with Gasteiger partial charge in [0, 0.05) is 18.2 Å². The normalized spacial score (nSPS) is 30.3. The van der Waals surface area contributed by atoms with E-state index in [-0.39, 0.29) is 0 Å². The van der Waals surface area contributed by atoms with Crippen LogP contribution in [0.1, 0.15) is 6.23 Å². The molecular weight excluding hydrogens is 484 g/mol. The topological polar surface area (TPSA) is 250 Å². The van der Waals surface area contributed by atoms with Crippen molar-refractivity contribution in [1.29, 1.82) is 0 Å². The van der Waals surface area contributed by atoms with Gasteiger partial charge in [-0.15, -0.1) is 0 Å². The molecule has 1 aliphatic heterocycles. The smallest absolute Gasteiger partial charge is 0.478 e. The number of aliphatic hydroxyl groups is 1. The van der Waals surface area contributed by atoms with Crippen LogP contribution in [0.5, 0.6) is 0 Å². The predicted octanol–water partition coefficient (Wildman–Crippen LogP) is -2.54. The fourth-order valence-corrected chi connectivity index (χ4v) is 5.39. The van der Waals surface area contributed by atoms with Crippen molar-refractivity contribution in [2.75, 3.05) is 13.2 Å². The summed E-state index contributed by atoms with van der Waals surface area (Å²) in [6.07, 6.45) is -4.37. The molecule has 4 N–H and O–H groups in total. The summed E-state index contributed by atoms with van der Waals surface area (Å²) in [6, 6.07) is 0.882. The maximum absolute atomic E-state index is 14.6. The van der Waals surface area contributed by atoms with Crippen molar-refractivity contribution < 1.29 is 60.6 Å². The van der Waals surface area contributed by atoms with E-state index in [2.05, 4.69) is 13.1 Å². The molecule has 2 heterocycles. The number of alkyl halides is 1. The minimum Gasteiger partial charge on any atom is -0.756 e.